The lowest BCUT2D eigenvalue weighted by molar-refractivity contribution is -0.139. The first-order valence-electron chi connectivity index (χ1n) is 11.3. The van der Waals surface area contributed by atoms with E-state index in [2.05, 4.69) is 5.32 Å². The van der Waals surface area contributed by atoms with E-state index in [1.807, 2.05) is 38.1 Å². The second kappa shape index (κ2) is 12.2. The Bertz CT molecular complexity index is 1120. The number of nitrogens with one attached hydrogen (secondary N) is 1. The number of hydrogen-bond acceptors (Lipinski definition) is 4. The summed E-state index contributed by atoms with van der Waals surface area (Å²) in [6.45, 7) is 7.58. The van der Waals surface area contributed by atoms with Crippen LogP contribution in [0.3, 0.4) is 0 Å². The number of rotatable bonds is 11. The van der Waals surface area contributed by atoms with Crippen molar-refractivity contribution in [3.63, 3.8) is 0 Å². The van der Waals surface area contributed by atoms with E-state index in [0.717, 1.165) is 34.5 Å². The average molecular weight is 508 g/mol. The number of benzene rings is 2. The normalized spacial score (nSPS) is 12.2. The molecular weight excluding hydrogens is 474 g/mol. The van der Waals surface area contributed by atoms with Gasteiger partial charge in [-0.25, -0.2) is 8.42 Å². The van der Waals surface area contributed by atoms with Crippen molar-refractivity contribution in [2.45, 2.75) is 53.1 Å². The zero-order valence-electron chi connectivity index (χ0n) is 20.5. The Labute approximate surface area is 208 Å². The summed E-state index contributed by atoms with van der Waals surface area (Å²) in [5.41, 5.74) is 2.76. The lowest BCUT2D eigenvalue weighted by Crippen LogP contribution is -2.51. The molecule has 0 unspecified atom stereocenters. The minimum absolute atomic E-state index is 0.176. The second-order valence-corrected chi connectivity index (χ2v) is 10.8. The van der Waals surface area contributed by atoms with E-state index in [0.29, 0.717) is 22.8 Å². The Kier molecular flexibility index (Phi) is 9.94. The van der Waals surface area contributed by atoms with Crippen LogP contribution in [0.5, 0.6) is 0 Å². The number of aryl methyl sites for hydroxylation is 1. The molecule has 0 saturated carbocycles. The topological polar surface area (TPSA) is 86.8 Å². The maximum Gasteiger partial charge on any atom is 0.244 e. The second-order valence-electron chi connectivity index (χ2n) is 8.48. The zero-order valence-corrected chi connectivity index (χ0v) is 22.0. The van der Waals surface area contributed by atoms with Gasteiger partial charge < -0.3 is 10.2 Å². The molecular formula is C25H34ClN3O4S. The van der Waals surface area contributed by atoms with Crippen molar-refractivity contribution >= 4 is 39.1 Å². The van der Waals surface area contributed by atoms with Crippen molar-refractivity contribution in [3.8, 4) is 0 Å². The highest BCUT2D eigenvalue weighted by atomic mass is 35.5. The quantitative estimate of drug-likeness (QED) is 0.465. The molecule has 0 aliphatic rings. The molecule has 0 aliphatic heterocycles. The average Bonchev–Trinajstić information content (AvgIpc) is 2.76. The molecule has 2 aromatic carbocycles. The van der Waals surface area contributed by atoms with Gasteiger partial charge in [-0.1, -0.05) is 60.8 Å². The van der Waals surface area contributed by atoms with Crippen LogP contribution < -0.4 is 9.62 Å². The maximum atomic E-state index is 13.5. The van der Waals surface area contributed by atoms with Crippen LogP contribution in [0.25, 0.3) is 0 Å². The monoisotopic (exact) mass is 507 g/mol. The number of anilines is 1. The Balaban J connectivity index is 2.39. The Hall–Kier alpha value is -2.58. The summed E-state index contributed by atoms with van der Waals surface area (Å²) in [5.74, 6) is -0.760. The predicted octanol–water partition coefficient (Wildman–Crippen LogP) is 4.06. The number of unbranched alkanes of at least 4 members (excludes halogenated alkanes) is 1. The van der Waals surface area contributed by atoms with Gasteiger partial charge in [-0.3, -0.25) is 13.9 Å². The van der Waals surface area contributed by atoms with Crippen molar-refractivity contribution in [1.29, 1.82) is 0 Å². The van der Waals surface area contributed by atoms with E-state index >= 15 is 0 Å². The first kappa shape index (κ1) is 27.7. The van der Waals surface area contributed by atoms with Crippen LogP contribution in [0.2, 0.25) is 5.02 Å². The molecule has 9 heteroatoms. The first-order valence-corrected chi connectivity index (χ1v) is 13.5. The summed E-state index contributed by atoms with van der Waals surface area (Å²) in [7, 11) is -3.80. The van der Waals surface area contributed by atoms with Crippen molar-refractivity contribution in [3.05, 3.63) is 64.2 Å². The lowest BCUT2D eigenvalue weighted by Gasteiger charge is -2.32. The molecule has 0 aromatic heterocycles. The van der Waals surface area contributed by atoms with Crippen LogP contribution in [0.15, 0.2) is 42.5 Å². The largest absolute Gasteiger partial charge is 0.354 e. The van der Waals surface area contributed by atoms with Crippen molar-refractivity contribution < 1.29 is 18.0 Å². The van der Waals surface area contributed by atoms with E-state index in [1.165, 1.54) is 4.90 Å². The number of nitrogens with zero attached hydrogens (tertiary/aromatic N) is 2. The van der Waals surface area contributed by atoms with E-state index in [9.17, 15) is 18.0 Å². The molecule has 1 atom stereocenters. The van der Waals surface area contributed by atoms with Crippen LogP contribution in [-0.4, -0.2) is 50.5 Å². The van der Waals surface area contributed by atoms with Crippen LogP contribution in [0.1, 0.15) is 43.4 Å². The summed E-state index contributed by atoms with van der Waals surface area (Å²) in [6.07, 6.45) is 2.81. The first-order chi connectivity index (χ1) is 16.0. The molecule has 2 aromatic rings. The minimum atomic E-state index is -3.80. The van der Waals surface area contributed by atoms with Gasteiger partial charge in [0, 0.05) is 18.1 Å². The van der Waals surface area contributed by atoms with Gasteiger partial charge in [0.15, 0.2) is 0 Å². The van der Waals surface area contributed by atoms with Crippen molar-refractivity contribution in [1.82, 2.24) is 10.2 Å². The fourth-order valence-electron chi connectivity index (χ4n) is 3.59. The van der Waals surface area contributed by atoms with Gasteiger partial charge in [0.05, 0.1) is 11.9 Å². The molecule has 186 valence electrons. The van der Waals surface area contributed by atoms with Gasteiger partial charge in [0.1, 0.15) is 12.6 Å². The third-order valence-corrected chi connectivity index (χ3v) is 7.16. The fraction of sp³-hybridized carbons (Fsp3) is 0.440. The summed E-state index contributed by atoms with van der Waals surface area (Å²) in [5, 5.41) is 3.27. The highest BCUT2D eigenvalue weighted by Crippen LogP contribution is 2.28. The van der Waals surface area contributed by atoms with Crippen molar-refractivity contribution in [2.24, 2.45) is 0 Å². The smallest absolute Gasteiger partial charge is 0.244 e. The van der Waals surface area contributed by atoms with Crippen LogP contribution in [-0.2, 0) is 26.2 Å². The molecule has 34 heavy (non-hydrogen) atoms. The Morgan fingerprint density at radius 2 is 1.79 bits per heavy atom. The van der Waals surface area contributed by atoms with Gasteiger partial charge in [0.2, 0.25) is 21.8 Å². The van der Waals surface area contributed by atoms with E-state index in [-0.39, 0.29) is 12.5 Å². The van der Waals surface area contributed by atoms with Crippen LogP contribution in [0, 0.1) is 13.8 Å². The molecule has 0 bridgehead atoms. The molecule has 2 amide bonds. The molecule has 0 heterocycles. The van der Waals surface area contributed by atoms with E-state index in [4.69, 9.17) is 11.6 Å². The minimum Gasteiger partial charge on any atom is -0.354 e. The maximum absolute atomic E-state index is 13.5. The SMILES string of the molecule is CCCCNC(=O)[C@H](C)N(Cc1cccc(C)c1)C(=O)CN(c1cccc(Cl)c1C)S(C)(=O)=O. The van der Waals surface area contributed by atoms with Gasteiger partial charge in [-0.05, 0) is 50.5 Å². The van der Waals surface area contributed by atoms with Gasteiger partial charge in [-0.2, -0.15) is 0 Å². The number of hydrogen-bond donors (Lipinski definition) is 1. The predicted molar refractivity (Wildman–Crippen MR) is 137 cm³/mol. The Morgan fingerprint density at radius 1 is 1.12 bits per heavy atom. The molecule has 1 N–H and O–H groups in total. The highest BCUT2D eigenvalue weighted by Gasteiger charge is 2.30. The van der Waals surface area contributed by atoms with E-state index < -0.39 is 28.5 Å². The summed E-state index contributed by atoms with van der Waals surface area (Å²) in [6, 6.07) is 11.8. The number of sulfonamides is 1. The van der Waals surface area contributed by atoms with Gasteiger partial charge in [-0.15, -0.1) is 0 Å². The molecule has 0 fully saturated rings. The van der Waals surface area contributed by atoms with Crippen LogP contribution >= 0.6 is 11.6 Å². The summed E-state index contributed by atoms with van der Waals surface area (Å²) >= 11 is 6.21. The molecule has 0 spiro atoms. The number of halogens is 1. The Morgan fingerprint density at radius 3 is 2.41 bits per heavy atom. The number of amides is 2. The fourth-order valence-corrected chi connectivity index (χ4v) is 4.66. The highest BCUT2D eigenvalue weighted by molar-refractivity contribution is 7.92. The summed E-state index contributed by atoms with van der Waals surface area (Å²) in [4.78, 5) is 27.8. The molecule has 0 saturated heterocycles. The standard InChI is InChI=1S/C25H34ClN3O4S/c1-6-7-14-27-25(31)20(4)28(16-21-11-8-10-18(2)15-21)24(30)17-29(34(5,32)33)23-13-9-12-22(26)19(23)3/h8-13,15,20H,6-7,14,16-17H2,1-5H3,(H,27,31)/t20-/m0/s1. The molecule has 2 rings (SSSR count). The number of carbonyl (C=O) groups is 2. The van der Waals surface area contributed by atoms with E-state index in [1.54, 1.807) is 32.0 Å². The molecule has 7 nitrogen and oxygen atoms in total. The van der Waals surface area contributed by atoms with Crippen LogP contribution in [0.4, 0.5) is 5.69 Å². The lowest BCUT2D eigenvalue weighted by atomic mass is 10.1. The summed E-state index contributed by atoms with van der Waals surface area (Å²) < 4.78 is 26.4. The molecule has 0 radical (unpaired) electrons. The third-order valence-electron chi connectivity index (χ3n) is 5.62. The van der Waals surface area contributed by atoms with Gasteiger partial charge in [0.25, 0.3) is 0 Å². The van der Waals surface area contributed by atoms with Crippen molar-refractivity contribution in [2.75, 3.05) is 23.7 Å². The number of carbonyl (C=O) groups excluding carboxylic acids is 2. The third kappa shape index (κ3) is 7.46. The zero-order chi connectivity index (χ0) is 25.5. The molecule has 0 aliphatic carbocycles. The van der Waals surface area contributed by atoms with Gasteiger partial charge >= 0.3 is 0 Å².